The number of hydrogen-bond acceptors (Lipinski definition) is 4. The number of amides is 1. The molecule has 5 nitrogen and oxygen atoms in total. The second kappa shape index (κ2) is 7.82. The highest BCUT2D eigenvalue weighted by atomic mass is 16.5. The first-order valence-electron chi connectivity index (χ1n) is 9.58. The normalized spacial score (nSPS) is 15.0. The van der Waals surface area contributed by atoms with E-state index >= 15 is 0 Å². The van der Waals surface area contributed by atoms with Crippen molar-refractivity contribution in [3.8, 4) is 5.88 Å². The summed E-state index contributed by atoms with van der Waals surface area (Å²) in [5.41, 5.74) is 1.53. The number of anilines is 1. The van der Waals surface area contributed by atoms with Crippen LogP contribution in [0.5, 0.6) is 5.88 Å². The number of nitrogens with one attached hydrogen (secondary N) is 1. The summed E-state index contributed by atoms with van der Waals surface area (Å²) in [4.78, 5) is 16.7. The van der Waals surface area contributed by atoms with Crippen LogP contribution >= 0.6 is 0 Å². The van der Waals surface area contributed by atoms with Gasteiger partial charge in [0.1, 0.15) is 0 Å². The molecular weight excluding hydrogens is 340 g/mol. The molecular formula is C22H24N2O3. The Hall–Kier alpha value is -2.82. The first-order chi connectivity index (χ1) is 13.2. The van der Waals surface area contributed by atoms with E-state index in [0.717, 1.165) is 22.9 Å². The van der Waals surface area contributed by atoms with Crippen LogP contribution in [0.3, 0.4) is 0 Å². The maximum Gasteiger partial charge on any atom is 0.291 e. The zero-order chi connectivity index (χ0) is 18.6. The van der Waals surface area contributed by atoms with Crippen molar-refractivity contribution in [2.45, 2.75) is 39.0 Å². The number of hydrogen-bond donors (Lipinski definition) is 1. The molecule has 1 saturated carbocycles. The number of carbonyl (C=O) groups excluding carboxylic acids is 1. The van der Waals surface area contributed by atoms with E-state index in [1.54, 1.807) is 12.3 Å². The molecule has 2 aromatic heterocycles. The molecule has 0 bridgehead atoms. The molecule has 3 aromatic rings. The van der Waals surface area contributed by atoms with E-state index in [1.165, 1.54) is 38.4 Å². The monoisotopic (exact) mass is 364 g/mol. The fourth-order valence-corrected chi connectivity index (χ4v) is 3.69. The lowest BCUT2D eigenvalue weighted by atomic mass is 9.90. The summed E-state index contributed by atoms with van der Waals surface area (Å²) < 4.78 is 11.3. The molecule has 140 valence electrons. The van der Waals surface area contributed by atoms with Gasteiger partial charge in [0.15, 0.2) is 5.76 Å². The maximum atomic E-state index is 12.3. The number of fused-ring (bicyclic) bond motifs is 1. The molecule has 1 N–H and O–H groups in total. The zero-order valence-corrected chi connectivity index (χ0v) is 15.5. The fourth-order valence-electron chi connectivity index (χ4n) is 3.69. The molecule has 2 heterocycles. The predicted octanol–water partition coefficient (Wildman–Crippen LogP) is 5.35. The highest BCUT2D eigenvalue weighted by Gasteiger charge is 2.16. The number of benzene rings is 1. The molecule has 1 amide bonds. The molecule has 0 saturated heterocycles. The van der Waals surface area contributed by atoms with Gasteiger partial charge in [0, 0.05) is 22.8 Å². The Balaban J connectivity index is 1.49. The summed E-state index contributed by atoms with van der Waals surface area (Å²) in [6.07, 6.45) is 9.70. The van der Waals surface area contributed by atoms with Crippen molar-refractivity contribution in [3.05, 3.63) is 54.1 Å². The van der Waals surface area contributed by atoms with Crippen molar-refractivity contribution in [2.24, 2.45) is 5.92 Å². The predicted molar refractivity (Wildman–Crippen MR) is 105 cm³/mol. The minimum Gasteiger partial charge on any atom is -0.477 e. The number of nitrogens with zero attached hydrogens (tertiary/aromatic N) is 1. The van der Waals surface area contributed by atoms with Gasteiger partial charge in [-0.25, -0.2) is 4.98 Å². The molecule has 1 aromatic carbocycles. The Labute approximate surface area is 158 Å². The van der Waals surface area contributed by atoms with E-state index in [1.807, 2.05) is 31.2 Å². The van der Waals surface area contributed by atoms with E-state index < -0.39 is 0 Å². The van der Waals surface area contributed by atoms with E-state index in [-0.39, 0.29) is 5.91 Å². The number of furan rings is 1. The van der Waals surface area contributed by atoms with E-state index in [9.17, 15) is 4.79 Å². The second-order valence-electron chi connectivity index (χ2n) is 7.25. The van der Waals surface area contributed by atoms with E-state index in [2.05, 4.69) is 10.3 Å². The lowest BCUT2D eigenvalue weighted by molar-refractivity contribution is 0.0996. The number of carbonyl (C=O) groups is 1. The topological polar surface area (TPSA) is 64.4 Å². The van der Waals surface area contributed by atoms with Gasteiger partial charge < -0.3 is 14.5 Å². The summed E-state index contributed by atoms with van der Waals surface area (Å²) >= 11 is 0. The summed E-state index contributed by atoms with van der Waals surface area (Å²) in [6.45, 7) is 2.57. The number of ether oxygens (including phenoxy) is 1. The van der Waals surface area contributed by atoms with Crippen molar-refractivity contribution >= 4 is 22.4 Å². The van der Waals surface area contributed by atoms with Crippen LogP contribution in [0.25, 0.3) is 10.8 Å². The van der Waals surface area contributed by atoms with Crippen LogP contribution in [-0.4, -0.2) is 17.5 Å². The molecule has 27 heavy (non-hydrogen) atoms. The summed E-state index contributed by atoms with van der Waals surface area (Å²) in [5, 5.41) is 4.83. The van der Waals surface area contributed by atoms with Gasteiger partial charge in [0.05, 0.1) is 12.9 Å². The quantitative estimate of drug-likeness (QED) is 0.663. The minimum absolute atomic E-state index is 0.250. The number of pyridine rings is 1. The standard InChI is InChI=1S/C22H24N2O3/c1-15-10-12-26-20(15)21(25)24-18-7-8-19-17(13-18)9-11-23-22(19)27-14-16-5-3-2-4-6-16/h7-13,16H,2-6,14H2,1H3,(H,24,25). The Morgan fingerprint density at radius 1 is 1.22 bits per heavy atom. The van der Waals surface area contributed by atoms with Gasteiger partial charge in [-0.15, -0.1) is 0 Å². The van der Waals surface area contributed by atoms with Gasteiger partial charge >= 0.3 is 0 Å². The molecule has 5 heteroatoms. The van der Waals surface area contributed by atoms with Crippen molar-refractivity contribution in [1.29, 1.82) is 0 Å². The Bertz CT molecular complexity index is 942. The first kappa shape index (κ1) is 17.6. The smallest absolute Gasteiger partial charge is 0.291 e. The van der Waals surface area contributed by atoms with E-state index in [0.29, 0.717) is 23.2 Å². The maximum absolute atomic E-state index is 12.3. The zero-order valence-electron chi connectivity index (χ0n) is 15.5. The SMILES string of the molecule is Cc1ccoc1C(=O)Nc1ccc2c(OCC3CCCCC3)nccc2c1. The Morgan fingerprint density at radius 2 is 2.07 bits per heavy atom. The first-order valence-corrected chi connectivity index (χ1v) is 9.58. The van der Waals surface area contributed by atoms with Crippen molar-refractivity contribution in [1.82, 2.24) is 4.98 Å². The molecule has 1 aliphatic carbocycles. The highest BCUT2D eigenvalue weighted by molar-refractivity contribution is 6.04. The molecule has 0 atom stereocenters. The van der Waals surface area contributed by atoms with Crippen LogP contribution in [0, 0.1) is 12.8 Å². The van der Waals surface area contributed by atoms with Crippen LogP contribution < -0.4 is 10.1 Å². The van der Waals surface area contributed by atoms with Crippen LogP contribution in [0.1, 0.15) is 48.2 Å². The van der Waals surface area contributed by atoms with Crippen LogP contribution in [0.2, 0.25) is 0 Å². The second-order valence-corrected chi connectivity index (χ2v) is 7.25. The highest BCUT2D eigenvalue weighted by Crippen LogP contribution is 2.29. The number of aryl methyl sites for hydroxylation is 1. The average molecular weight is 364 g/mol. The third kappa shape index (κ3) is 3.97. The van der Waals surface area contributed by atoms with Gasteiger partial charge in [-0.05, 0) is 61.4 Å². The molecule has 0 aliphatic heterocycles. The van der Waals surface area contributed by atoms with Crippen molar-refractivity contribution < 1.29 is 13.9 Å². The van der Waals surface area contributed by atoms with Crippen molar-refractivity contribution in [2.75, 3.05) is 11.9 Å². The summed E-state index contributed by atoms with van der Waals surface area (Å²) in [7, 11) is 0. The molecule has 0 unspecified atom stereocenters. The third-order valence-electron chi connectivity index (χ3n) is 5.23. The molecule has 4 rings (SSSR count). The van der Waals surface area contributed by atoms with E-state index in [4.69, 9.17) is 9.15 Å². The van der Waals surface area contributed by atoms with Gasteiger partial charge in [0.2, 0.25) is 5.88 Å². The Kier molecular flexibility index (Phi) is 5.10. The van der Waals surface area contributed by atoms with Gasteiger partial charge in [0.25, 0.3) is 5.91 Å². The number of aromatic nitrogens is 1. The fraction of sp³-hybridized carbons (Fsp3) is 0.364. The lowest BCUT2D eigenvalue weighted by Crippen LogP contribution is -2.15. The van der Waals surface area contributed by atoms with Gasteiger partial charge in [-0.1, -0.05) is 19.3 Å². The molecule has 0 radical (unpaired) electrons. The minimum atomic E-state index is -0.250. The van der Waals surface area contributed by atoms with Crippen molar-refractivity contribution in [3.63, 3.8) is 0 Å². The van der Waals surface area contributed by atoms with Gasteiger partial charge in [-0.3, -0.25) is 4.79 Å². The average Bonchev–Trinajstić information content (AvgIpc) is 3.13. The van der Waals surface area contributed by atoms with Crippen LogP contribution in [0.15, 0.2) is 47.2 Å². The Morgan fingerprint density at radius 3 is 2.85 bits per heavy atom. The lowest BCUT2D eigenvalue weighted by Gasteiger charge is -2.21. The largest absolute Gasteiger partial charge is 0.477 e. The summed E-state index contributed by atoms with van der Waals surface area (Å²) in [5.74, 6) is 1.38. The molecule has 1 aliphatic rings. The number of rotatable bonds is 5. The summed E-state index contributed by atoms with van der Waals surface area (Å²) in [6, 6.07) is 9.45. The van der Waals surface area contributed by atoms with Gasteiger partial charge in [-0.2, -0.15) is 0 Å². The molecule has 1 fully saturated rings. The third-order valence-corrected chi connectivity index (χ3v) is 5.23. The van der Waals surface area contributed by atoms with Crippen LogP contribution in [-0.2, 0) is 0 Å². The van der Waals surface area contributed by atoms with Crippen LogP contribution in [0.4, 0.5) is 5.69 Å². The molecule has 0 spiro atoms.